The van der Waals surface area contributed by atoms with Crippen molar-refractivity contribution >= 4 is 5.82 Å². The molecule has 0 saturated heterocycles. The highest BCUT2D eigenvalue weighted by molar-refractivity contribution is 5.32. The smallest absolute Gasteiger partial charge is 0.414 e. The molecular formula is C19H17N3O5. The van der Waals surface area contributed by atoms with Crippen molar-refractivity contribution in [3.05, 3.63) is 76.5 Å². The number of hydrogen-bond acceptors (Lipinski definition) is 6. The van der Waals surface area contributed by atoms with Gasteiger partial charge >= 0.3 is 11.8 Å². The van der Waals surface area contributed by atoms with Gasteiger partial charge in [-0.2, -0.15) is 0 Å². The molecule has 0 aliphatic carbocycles. The third kappa shape index (κ3) is 4.06. The number of fused-ring (bicyclic) bond motifs is 1. The summed E-state index contributed by atoms with van der Waals surface area (Å²) in [5.74, 6) is 1.31. The lowest BCUT2D eigenvalue weighted by Gasteiger charge is -2.22. The van der Waals surface area contributed by atoms with Gasteiger partial charge in [0.1, 0.15) is 30.4 Å². The molecule has 0 amide bonds. The fourth-order valence-electron chi connectivity index (χ4n) is 2.75. The fourth-order valence-corrected chi connectivity index (χ4v) is 2.75. The summed E-state index contributed by atoms with van der Waals surface area (Å²) in [5.41, 5.74) is 0.998. The fraction of sp³-hybridized carbons (Fsp3) is 0.211. The lowest BCUT2D eigenvalue weighted by Crippen LogP contribution is -2.32. The summed E-state index contributed by atoms with van der Waals surface area (Å²) in [6.07, 6.45) is 1.16. The van der Waals surface area contributed by atoms with Crippen molar-refractivity contribution in [2.75, 3.05) is 6.61 Å². The third-order valence-electron chi connectivity index (χ3n) is 4.10. The Morgan fingerprint density at radius 1 is 1.15 bits per heavy atom. The predicted octanol–water partition coefficient (Wildman–Crippen LogP) is 3.56. The molecule has 0 N–H and O–H groups in total. The number of rotatable bonds is 6. The maximum absolute atomic E-state index is 10.8. The van der Waals surface area contributed by atoms with Crippen molar-refractivity contribution < 1.29 is 19.1 Å². The number of imidazole rings is 1. The summed E-state index contributed by atoms with van der Waals surface area (Å²) >= 11 is 0. The third-order valence-corrected chi connectivity index (χ3v) is 4.10. The molecule has 2 aromatic carbocycles. The molecular weight excluding hydrogens is 350 g/mol. The van der Waals surface area contributed by atoms with Crippen molar-refractivity contribution in [3.8, 4) is 17.5 Å². The first kappa shape index (κ1) is 17.0. The second-order valence-electron chi connectivity index (χ2n) is 6.09. The molecule has 0 fully saturated rings. The van der Waals surface area contributed by atoms with E-state index in [0.29, 0.717) is 19.8 Å². The first-order valence-electron chi connectivity index (χ1n) is 8.45. The Morgan fingerprint density at radius 2 is 1.89 bits per heavy atom. The van der Waals surface area contributed by atoms with Crippen LogP contribution in [0.2, 0.25) is 0 Å². The zero-order valence-electron chi connectivity index (χ0n) is 14.4. The van der Waals surface area contributed by atoms with Gasteiger partial charge in [0.15, 0.2) is 0 Å². The first-order valence-corrected chi connectivity index (χ1v) is 8.45. The van der Waals surface area contributed by atoms with Crippen molar-refractivity contribution in [1.82, 2.24) is 9.55 Å². The molecule has 2 heterocycles. The van der Waals surface area contributed by atoms with Crippen LogP contribution in [0.3, 0.4) is 0 Å². The molecule has 8 nitrogen and oxygen atoms in total. The topological polar surface area (TPSA) is 88.7 Å². The van der Waals surface area contributed by atoms with E-state index in [9.17, 15) is 10.1 Å². The molecule has 138 valence electrons. The van der Waals surface area contributed by atoms with E-state index >= 15 is 0 Å². The van der Waals surface area contributed by atoms with Gasteiger partial charge in [0.2, 0.25) is 0 Å². The number of nitrogens with zero attached hydrogens (tertiary/aromatic N) is 3. The number of nitro groups is 1. The lowest BCUT2D eigenvalue weighted by molar-refractivity contribution is -0.389. The van der Waals surface area contributed by atoms with Crippen LogP contribution in [-0.2, 0) is 17.9 Å². The van der Waals surface area contributed by atoms with Crippen LogP contribution in [0, 0.1) is 10.1 Å². The van der Waals surface area contributed by atoms with Gasteiger partial charge in [-0.15, -0.1) is 0 Å². The van der Waals surface area contributed by atoms with Crippen LogP contribution in [0.5, 0.6) is 17.5 Å². The summed E-state index contributed by atoms with van der Waals surface area (Å²) in [6.45, 7) is 1.18. The van der Waals surface area contributed by atoms with Crippen LogP contribution >= 0.6 is 0 Å². The lowest BCUT2D eigenvalue weighted by atomic mass is 10.2. The van der Waals surface area contributed by atoms with Crippen molar-refractivity contribution in [2.24, 2.45) is 0 Å². The monoisotopic (exact) mass is 367 g/mol. The Balaban J connectivity index is 1.32. The van der Waals surface area contributed by atoms with Crippen LogP contribution in [0.25, 0.3) is 0 Å². The number of ether oxygens (including phenoxy) is 3. The minimum atomic E-state index is -0.538. The van der Waals surface area contributed by atoms with Gasteiger partial charge < -0.3 is 24.3 Å². The van der Waals surface area contributed by atoms with E-state index in [1.165, 1.54) is 6.20 Å². The number of hydrogen-bond donors (Lipinski definition) is 0. The van der Waals surface area contributed by atoms with Crippen LogP contribution in [0.1, 0.15) is 5.56 Å². The van der Waals surface area contributed by atoms with Gasteiger partial charge in [-0.1, -0.05) is 30.3 Å². The zero-order chi connectivity index (χ0) is 18.6. The molecule has 0 unspecified atom stereocenters. The standard InChI is InChI=1S/C19H17N3O5/c23-22(24)18-11-21-10-17(13-26-19(21)20-18)25-12-14-6-8-16(9-7-14)27-15-4-2-1-3-5-15/h1-9,11,17H,10,12-13H2/t17-/m0/s1. The van der Waals surface area contributed by atoms with E-state index in [1.807, 2.05) is 54.6 Å². The van der Waals surface area contributed by atoms with Crippen molar-refractivity contribution in [2.45, 2.75) is 19.3 Å². The zero-order valence-corrected chi connectivity index (χ0v) is 14.4. The summed E-state index contributed by atoms with van der Waals surface area (Å²) in [6, 6.07) is 17.5. The van der Waals surface area contributed by atoms with Crippen molar-refractivity contribution in [1.29, 1.82) is 0 Å². The molecule has 3 aromatic rings. The molecule has 1 atom stereocenters. The Labute approximate surface area is 155 Å². The van der Waals surface area contributed by atoms with Gasteiger partial charge in [0, 0.05) is 4.98 Å². The summed E-state index contributed by atoms with van der Waals surface area (Å²) < 4.78 is 18.7. The highest BCUT2D eigenvalue weighted by Crippen LogP contribution is 2.24. The largest absolute Gasteiger partial charge is 0.457 e. The van der Waals surface area contributed by atoms with Gasteiger partial charge in [0.25, 0.3) is 0 Å². The van der Waals surface area contributed by atoms with E-state index in [4.69, 9.17) is 14.2 Å². The van der Waals surface area contributed by atoms with Crippen LogP contribution in [0.15, 0.2) is 60.8 Å². The average molecular weight is 367 g/mol. The summed E-state index contributed by atoms with van der Waals surface area (Å²) in [4.78, 5) is 14.1. The highest BCUT2D eigenvalue weighted by atomic mass is 16.6. The Kier molecular flexibility index (Phi) is 4.71. The molecule has 1 aromatic heterocycles. The van der Waals surface area contributed by atoms with E-state index < -0.39 is 4.92 Å². The molecule has 0 saturated carbocycles. The Hall–Kier alpha value is -3.39. The van der Waals surface area contributed by atoms with E-state index in [-0.39, 0.29) is 17.9 Å². The SMILES string of the molecule is O=[N+]([O-])c1cn2c(n1)OC[C@@H](OCc1ccc(Oc3ccccc3)cc1)C2. The maximum atomic E-state index is 10.8. The molecule has 0 bridgehead atoms. The minimum Gasteiger partial charge on any atom is -0.457 e. The number of para-hydroxylation sites is 1. The highest BCUT2D eigenvalue weighted by Gasteiger charge is 2.28. The molecule has 27 heavy (non-hydrogen) atoms. The molecule has 1 aliphatic heterocycles. The van der Waals surface area contributed by atoms with E-state index in [2.05, 4.69) is 4.98 Å². The molecule has 0 radical (unpaired) electrons. The predicted molar refractivity (Wildman–Crippen MR) is 95.9 cm³/mol. The summed E-state index contributed by atoms with van der Waals surface area (Å²) in [5, 5.41) is 10.8. The molecule has 0 spiro atoms. The molecule has 4 rings (SSSR count). The van der Waals surface area contributed by atoms with Crippen LogP contribution in [0.4, 0.5) is 5.82 Å². The van der Waals surface area contributed by atoms with Gasteiger partial charge in [-0.3, -0.25) is 4.57 Å². The molecule has 1 aliphatic rings. The average Bonchev–Trinajstić information content (AvgIpc) is 3.12. The van der Waals surface area contributed by atoms with Crippen LogP contribution in [-0.4, -0.2) is 27.2 Å². The maximum Gasteiger partial charge on any atom is 0.414 e. The second kappa shape index (κ2) is 7.46. The van der Waals surface area contributed by atoms with Gasteiger partial charge in [-0.25, -0.2) is 0 Å². The minimum absolute atomic E-state index is 0.202. The first-order chi connectivity index (χ1) is 13.2. The number of aromatic nitrogens is 2. The van der Waals surface area contributed by atoms with E-state index in [1.54, 1.807) is 4.57 Å². The van der Waals surface area contributed by atoms with Gasteiger partial charge in [0.05, 0.1) is 13.2 Å². The number of benzene rings is 2. The van der Waals surface area contributed by atoms with Crippen molar-refractivity contribution in [3.63, 3.8) is 0 Å². The second-order valence-corrected chi connectivity index (χ2v) is 6.09. The van der Waals surface area contributed by atoms with Gasteiger partial charge in [-0.05, 0) is 34.8 Å². The normalized spacial score (nSPS) is 15.6. The Bertz CT molecular complexity index is 924. The quantitative estimate of drug-likeness (QED) is 0.489. The van der Waals surface area contributed by atoms with Crippen LogP contribution < -0.4 is 9.47 Å². The van der Waals surface area contributed by atoms with E-state index in [0.717, 1.165) is 17.1 Å². The molecule has 8 heteroatoms. The Morgan fingerprint density at radius 3 is 2.63 bits per heavy atom. The summed E-state index contributed by atoms with van der Waals surface area (Å²) in [7, 11) is 0.